The first kappa shape index (κ1) is 49.5. The predicted molar refractivity (Wildman–Crippen MR) is 298 cm³/mol. The van der Waals surface area contributed by atoms with Crippen LogP contribution in [0.5, 0.6) is 0 Å². The van der Waals surface area contributed by atoms with Gasteiger partial charge in [0.15, 0.2) is 0 Å². The Morgan fingerprint density at radius 1 is 0.284 bits per heavy atom. The number of nitrogens with zero attached hydrogens (tertiary/aromatic N) is 2. The zero-order valence-corrected chi connectivity index (χ0v) is 44.4. The molecule has 0 spiro atoms. The number of carbonyl (C=O) groups excluding carboxylic acids is 4. The van der Waals surface area contributed by atoms with Gasteiger partial charge in [-0.2, -0.15) is 0 Å². The van der Waals surface area contributed by atoms with Gasteiger partial charge in [0.1, 0.15) is 0 Å². The minimum absolute atomic E-state index is 0.0269. The van der Waals surface area contributed by atoms with Gasteiger partial charge in [-0.15, -0.1) is 0 Å². The maximum absolute atomic E-state index is 14.1. The minimum Gasteiger partial charge on any atom is -0.386 e. The monoisotopic (exact) mass is 978 g/mol. The second-order valence-corrected chi connectivity index (χ2v) is 23.7. The van der Waals surface area contributed by atoms with Crippen molar-refractivity contribution in [3.8, 4) is 22.3 Å². The molecule has 8 aromatic rings. The van der Waals surface area contributed by atoms with Crippen molar-refractivity contribution in [1.82, 2.24) is 0 Å². The first-order valence-electron chi connectivity index (χ1n) is 25.3. The summed E-state index contributed by atoms with van der Waals surface area (Å²) >= 11 is 0. The molecule has 74 heavy (non-hydrogen) atoms. The highest BCUT2D eigenvalue weighted by Crippen LogP contribution is 2.47. The normalized spacial score (nSPS) is 13.7. The highest BCUT2D eigenvalue weighted by atomic mass is 16.6. The molecule has 0 saturated heterocycles. The van der Waals surface area contributed by atoms with Crippen LogP contribution < -0.4 is 9.80 Å². The second kappa shape index (κ2) is 17.8. The Hall–Kier alpha value is -8.10. The fourth-order valence-corrected chi connectivity index (χ4v) is 10.1. The van der Waals surface area contributed by atoms with Gasteiger partial charge in [-0.1, -0.05) is 156 Å². The lowest BCUT2D eigenvalue weighted by Gasteiger charge is -2.29. The van der Waals surface area contributed by atoms with Crippen LogP contribution in [0.2, 0.25) is 0 Å². The summed E-state index contributed by atoms with van der Waals surface area (Å²) in [6.45, 7) is 26.3. The molecule has 2 aliphatic heterocycles. The summed E-state index contributed by atoms with van der Waals surface area (Å²) in [5.74, 6) is -3.47. The molecule has 0 saturated carbocycles. The maximum Gasteiger partial charge on any atom is 0.347 e. The Morgan fingerprint density at radius 3 is 0.716 bits per heavy atom. The summed E-state index contributed by atoms with van der Waals surface area (Å²) in [6.07, 6.45) is 0. The molecule has 0 aromatic heterocycles. The molecule has 0 amide bonds. The third-order valence-electron chi connectivity index (χ3n) is 14.5. The summed E-state index contributed by atoms with van der Waals surface area (Å²) in [7, 11) is 0. The van der Waals surface area contributed by atoms with Crippen molar-refractivity contribution in [1.29, 1.82) is 0 Å². The van der Waals surface area contributed by atoms with E-state index in [1.807, 2.05) is 48.5 Å². The topological polar surface area (TPSA) is 93.2 Å². The van der Waals surface area contributed by atoms with Crippen LogP contribution in [-0.4, -0.2) is 23.9 Å². The van der Waals surface area contributed by atoms with Crippen molar-refractivity contribution in [3.63, 3.8) is 0 Å². The zero-order chi connectivity index (χ0) is 52.8. The van der Waals surface area contributed by atoms with Crippen molar-refractivity contribution >= 4 is 68.8 Å². The van der Waals surface area contributed by atoms with E-state index in [1.165, 1.54) is 22.3 Å². The van der Waals surface area contributed by atoms with Gasteiger partial charge in [0.05, 0.1) is 22.3 Å². The summed E-state index contributed by atoms with van der Waals surface area (Å²) < 4.78 is 11.0. The number of ether oxygens (including phenoxy) is 2. The fraction of sp³-hybridized carbons (Fsp3) is 0.242. The standard InChI is InChI=1S/C66H62N2O6/c1-63(2,3)41-17-29-47(30-18-41)67(48-31-19-42(20-32-48)64(4,5)6)45-25-13-39(14-26-45)51-37-53-56-55-54(60(70)73-61(71)57(51)55)38-52(58(56)62(72)74-59(53)69)40-15-27-46(28-16-40)68(49-33-21-43(22-34-49)65(7,8)9)50-35-23-44(24-36-50)66(10,11)12/h13-38H,1-12H3. The number of hydrogen-bond acceptors (Lipinski definition) is 8. The molecule has 0 fully saturated rings. The van der Waals surface area contributed by atoms with E-state index in [9.17, 15) is 19.2 Å². The minimum atomic E-state index is -0.869. The Labute approximate surface area is 434 Å². The Morgan fingerprint density at radius 2 is 0.500 bits per heavy atom. The average molecular weight is 979 g/mol. The SMILES string of the molecule is CC(C)(C)c1ccc(N(c2ccc(-c3cc4c5c(c(-c6ccc(N(c7ccc(C(C)(C)C)cc7)c7ccc(C(C)(C)C)cc7)cc6)cc6c5c3C(=O)OC6=O)C(=O)OC4=O)cc2)c2ccc(C(C)(C)C)cc2)cc1. The Balaban J connectivity index is 1.08. The van der Waals surface area contributed by atoms with Gasteiger partial charge in [0, 0.05) is 44.9 Å². The van der Waals surface area contributed by atoms with Gasteiger partial charge >= 0.3 is 23.9 Å². The van der Waals surface area contributed by atoms with Crippen molar-refractivity contribution < 1.29 is 28.7 Å². The molecule has 0 atom stereocenters. The molecule has 8 heteroatoms. The smallest absolute Gasteiger partial charge is 0.347 e. The van der Waals surface area contributed by atoms with Crippen LogP contribution in [0.3, 0.4) is 0 Å². The van der Waals surface area contributed by atoms with Crippen molar-refractivity contribution in [2.75, 3.05) is 9.80 Å². The van der Waals surface area contributed by atoms with E-state index in [0.29, 0.717) is 22.3 Å². The largest absolute Gasteiger partial charge is 0.386 e. The van der Waals surface area contributed by atoms with Gasteiger partial charge in [-0.25, -0.2) is 19.2 Å². The molecule has 0 bridgehead atoms. The van der Waals surface area contributed by atoms with Gasteiger partial charge < -0.3 is 19.3 Å². The lowest BCUT2D eigenvalue weighted by Crippen LogP contribution is -2.26. The average Bonchev–Trinajstić information content (AvgIpc) is 3.38. The van der Waals surface area contributed by atoms with E-state index in [2.05, 4.69) is 190 Å². The highest BCUT2D eigenvalue weighted by molar-refractivity contribution is 6.32. The van der Waals surface area contributed by atoms with Crippen LogP contribution in [-0.2, 0) is 31.1 Å². The van der Waals surface area contributed by atoms with E-state index < -0.39 is 23.9 Å². The number of esters is 4. The van der Waals surface area contributed by atoms with Gasteiger partial charge in [0.2, 0.25) is 0 Å². The highest BCUT2D eigenvalue weighted by Gasteiger charge is 2.40. The first-order chi connectivity index (χ1) is 34.9. The van der Waals surface area contributed by atoms with Crippen molar-refractivity contribution in [2.45, 2.75) is 105 Å². The molecule has 0 N–H and O–H groups in total. The quantitative estimate of drug-likeness (QED) is 0.110. The number of rotatable bonds is 8. The lowest BCUT2D eigenvalue weighted by molar-refractivity contribution is 0.0366. The Bertz CT molecular complexity index is 3190. The summed E-state index contributed by atoms with van der Waals surface area (Å²) in [4.78, 5) is 60.3. The Kier molecular flexibility index (Phi) is 11.9. The summed E-state index contributed by atoms with van der Waals surface area (Å²) in [6, 6.07) is 52.9. The van der Waals surface area contributed by atoms with E-state index in [-0.39, 0.29) is 54.7 Å². The molecule has 372 valence electrons. The molecule has 2 heterocycles. The maximum atomic E-state index is 14.1. The number of anilines is 6. The predicted octanol–water partition coefficient (Wildman–Crippen LogP) is 16.9. The van der Waals surface area contributed by atoms with Crippen LogP contribution in [0.1, 0.15) is 147 Å². The zero-order valence-electron chi connectivity index (χ0n) is 44.4. The number of cyclic esters (lactones) is 4. The van der Waals surface area contributed by atoms with Gasteiger partial charge in [-0.05, 0) is 151 Å². The van der Waals surface area contributed by atoms with Crippen molar-refractivity contribution in [2.24, 2.45) is 0 Å². The molecule has 0 aliphatic carbocycles. The van der Waals surface area contributed by atoms with Crippen LogP contribution in [0, 0.1) is 0 Å². The third kappa shape index (κ3) is 8.97. The van der Waals surface area contributed by atoms with E-state index in [4.69, 9.17) is 9.47 Å². The second-order valence-electron chi connectivity index (χ2n) is 23.7. The number of carbonyl (C=O) groups is 4. The van der Waals surface area contributed by atoms with Crippen LogP contribution in [0.25, 0.3) is 33.0 Å². The summed E-state index contributed by atoms with van der Waals surface area (Å²) in [5.41, 5.74) is 12.6. The van der Waals surface area contributed by atoms with Gasteiger partial charge in [0.25, 0.3) is 0 Å². The molecular weight excluding hydrogens is 917 g/mol. The lowest BCUT2D eigenvalue weighted by atomic mass is 9.81. The van der Waals surface area contributed by atoms with Crippen LogP contribution in [0.15, 0.2) is 158 Å². The molecule has 8 nitrogen and oxygen atoms in total. The van der Waals surface area contributed by atoms with E-state index in [1.54, 1.807) is 12.1 Å². The third-order valence-corrected chi connectivity index (χ3v) is 14.5. The van der Waals surface area contributed by atoms with Crippen molar-refractivity contribution in [3.05, 3.63) is 202 Å². The van der Waals surface area contributed by atoms with Crippen LogP contribution in [0.4, 0.5) is 34.1 Å². The summed E-state index contributed by atoms with van der Waals surface area (Å²) in [5, 5.41) is 0.373. The molecule has 0 radical (unpaired) electrons. The van der Waals surface area contributed by atoms with Crippen LogP contribution >= 0.6 is 0 Å². The molecule has 10 rings (SSSR count). The fourth-order valence-electron chi connectivity index (χ4n) is 10.1. The molecule has 2 aliphatic rings. The van der Waals surface area contributed by atoms with E-state index in [0.717, 1.165) is 34.1 Å². The molecular formula is C66H62N2O6. The molecule has 8 aromatic carbocycles. The number of benzene rings is 8. The number of hydrogen-bond donors (Lipinski definition) is 0. The molecule has 0 unspecified atom stereocenters. The first-order valence-corrected chi connectivity index (χ1v) is 25.3. The van der Waals surface area contributed by atoms with E-state index >= 15 is 0 Å². The van der Waals surface area contributed by atoms with Gasteiger partial charge in [-0.3, -0.25) is 0 Å².